The van der Waals surface area contributed by atoms with Crippen LogP contribution in [0.4, 0.5) is 0 Å². The van der Waals surface area contributed by atoms with Crippen molar-refractivity contribution in [2.24, 2.45) is 0 Å². The topological polar surface area (TPSA) is 76.0 Å². The Morgan fingerprint density at radius 1 is 0.472 bits per heavy atom. The van der Waals surface area contributed by atoms with E-state index in [4.69, 9.17) is 9.47 Å². The lowest BCUT2D eigenvalue weighted by Gasteiger charge is -2.10. The average Bonchev–Trinajstić information content (AvgIpc) is 2.88. The normalized spacial score (nSPS) is 11.1. The van der Waals surface area contributed by atoms with Gasteiger partial charge in [0, 0.05) is 0 Å². The van der Waals surface area contributed by atoms with E-state index in [9.17, 15) is 15.0 Å². The summed E-state index contributed by atoms with van der Waals surface area (Å²) in [5.74, 6) is 1.80. The molecule has 0 bridgehead atoms. The van der Waals surface area contributed by atoms with Crippen LogP contribution in [-0.2, 0) is 0 Å². The number of benzene rings is 6. The standard InChI is InChI=1S/C31H20O5/c32-26-8-3-19-13-25(2-1-20(19)14-26)31(34)36-30-12-7-23-17-29(11-6-24(23)18-30)35-28-10-5-21-15-27(33)9-4-22(21)16-28/h1-18,32-33H. The van der Waals surface area contributed by atoms with E-state index in [1.54, 1.807) is 54.6 Å². The number of aromatic hydroxyl groups is 2. The predicted molar refractivity (Wildman–Crippen MR) is 140 cm³/mol. The Kier molecular flexibility index (Phi) is 5.16. The molecule has 0 spiro atoms. The summed E-state index contributed by atoms with van der Waals surface area (Å²) in [5.41, 5.74) is 0.433. The number of phenols is 2. The molecule has 174 valence electrons. The molecule has 0 heterocycles. The van der Waals surface area contributed by atoms with Crippen molar-refractivity contribution in [3.8, 4) is 28.7 Å². The van der Waals surface area contributed by atoms with Gasteiger partial charge in [0.15, 0.2) is 0 Å². The molecule has 0 amide bonds. The summed E-state index contributed by atoms with van der Waals surface area (Å²) in [4.78, 5) is 12.7. The number of carbonyl (C=O) groups is 1. The van der Waals surface area contributed by atoms with Crippen molar-refractivity contribution in [3.05, 3.63) is 115 Å². The first kappa shape index (κ1) is 21.5. The number of esters is 1. The van der Waals surface area contributed by atoms with E-state index < -0.39 is 5.97 Å². The lowest BCUT2D eigenvalue weighted by molar-refractivity contribution is 0.0735. The summed E-state index contributed by atoms with van der Waals surface area (Å²) in [6.07, 6.45) is 0. The maximum absolute atomic E-state index is 12.7. The molecular formula is C31H20O5. The van der Waals surface area contributed by atoms with E-state index in [0.29, 0.717) is 22.8 Å². The third-order valence-corrected chi connectivity index (χ3v) is 6.08. The molecule has 0 radical (unpaired) electrons. The molecule has 6 rings (SSSR count). The molecule has 0 unspecified atom stereocenters. The Morgan fingerprint density at radius 2 is 0.889 bits per heavy atom. The van der Waals surface area contributed by atoms with Crippen molar-refractivity contribution in [2.75, 3.05) is 0 Å². The number of hydrogen-bond acceptors (Lipinski definition) is 5. The minimum atomic E-state index is -0.450. The second-order valence-electron chi connectivity index (χ2n) is 8.60. The smallest absolute Gasteiger partial charge is 0.343 e. The largest absolute Gasteiger partial charge is 0.508 e. The SMILES string of the molecule is O=C(Oc1ccc2cc(Oc3ccc4cc(O)ccc4c3)ccc2c1)c1ccc2cc(O)ccc2c1. The van der Waals surface area contributed by atoms with Crippen LogP contribution in [0.2, 0.25) is 0 Å². The fraction of sp³-hybridized carbons (Fsp3) is 0. The molecule has 6 aromatic carbocycles. The van der Waals surface area contributed by atoms with Gasteiger partial charge in [-0.2, -0.15) is 0 Å². The predicted octanol–water partition coefficient (Wildman–Crippen LogP) is 7.57. The van der Waals surface area contributed by atoms with Gasteiger partial charge in [-0.25, -0.2) is 4.79 Å². The quantitative estimate of drug-likeness (QED) is 0.204. The van der Waals surface area contributed by atoms with Crippen LogP contribution in [-0.4, -0.2) is 16.2 Å². The van der Waals surface area contributed by atoms with Crippen LogP contribution < -0.4 is 9.47 Å². The van der Waals surface area contributed by atoms with Crippen molar-refractivity contribution >= 4 is 38.3 Å². The van der Waals surface area contributed by atoms with E-state index in [-0.39, 0.29) is 11.5 Å². The van der Waals surface area contributed by atoms with Gasteiger partial charge in [0.1, 0.15) is 28.7 Å². The Bertz CT molecular complexity index is 1790. The van der Waals surface area contributed by atoms with Crippen LogP contribution in [0.3, 0.4) is 0 Å². The van der Waals surface area contributed by atoms with Gasteiger partial charge in [-0.3, -0.25) is 0 Å². The molecule has 2 N–H and O–H groups in total. The number of hydrogen-bond donors (Lipinski definition) is 2. The highest BCUT2D eigenvalue weighted by molar-refractivity contribution is 5.97. The van der Waals surface area contributed by atoms with Gasteiger partial charge in [0.25, 0.3) is 0 Å². The van der Waals surface area contributed by atoms with E-state index >= 15 is 0 Å². The lowest BCUT2D eigenvalue weighted by atomic mass is 10.1. The molecule has 0 atom stereocenters. The monoisotopic (exact) mass is 472 g/mol. The maximum atomic E-state index is 12.7. The number of rotatable bonds is 4. The summed E-state index contributed by atoms with van der Waals surface area (Å²) < 4.78 is 11.7. The molecule has 36 heavy (non-hydrogen) atoms. The first-order valence-electron chi connectivity index (χ1n) is 11.4. The first-order chi connectivity index (χ1) is 17.5. The summed E-state index contributed by atoms with van der Waals surface area (Å²) in [6, 6.07) is 32.3. The van der Waals surface area contributed by atoms with Gasteiger partial charge in [0.2, 0.25) is 0 Å². The van der Waals surface area contributed by atoms with Crippen LogP contribution in [0, 0.1) is 0 Å². The minimum Gasteiger partial charge on any atom is -0.508 e. The van der Waals surface area contributed by atoms with Gasteiger partial charge in [-0.15, -0.1) is 0 Å². The summed E-state index contributed by atoms with van der Waals surface area (Å²) in [7, 11) is 0. The molecule has 0 aliphatic heterocycles. The summed E-state index contributed by atoms with van der Waals surface area (Å²) in [6.45, 7) is 0. The first-order valence-corrected chi connectivity index (χ1v) is 11.4. The number of ether oxygens (including phenoxy) is 2. The van der Waals surface area contributed by atoms with Crippen molar-refractivity contribution in [3.63, 3.8) is 0 Å². The number of fused-ring (bicyclic) bond motifs is 3. The fourth-order valence-electron chi connectivity index (χ4n) is 4.27. The zero-order valence-electron chi connectivity index (χ0n) is 19.0. The number of carbonyl (C=O) groups excluding carboxylic acids is 1. The second kappa shape index (κ2) is 8.64. The van der Waals surface area contributed by atoms with Crippen molar-refractivity contribution in [1.29, 1.82) is 0 Å². The maximum Gasteiger partial charge on any atom is 0.343 e. The molecule has 0 saturated heterocycles. The van der Waals surface area contributed by atoms with Crippen molar-refractivity contribution in [1.82, 2.24) is 0 Å². The molecule has 6 aromatic rings. The van der Waals surface area contributed by atoms with Crippen LogP contribution in [0.25, 0.3) is 32.3 Å². The Hall–Kier alpha value is -5.03. The van der Waals surface area contributed by atoms with Crippen LogP contribution in [0.5, 0.6) is 28.7 Å². The molecule has 0 fully saturated rings. The highest BCUT2D eigenvalue weighted by atomic mass is 16.5. The van der Waals surface area contributed by atoms with Crippen LogP contribution in [0.15, 0.2) is 109 Å². The van der Waals surface area contributed by atoms with Crippen molar-refractivity contribution < 1.29 is 24.5 Å². The highest BCUT2D eigenvalue weighted by Gasteiger charge is 2.11. The highest BCUT2D eigenvalue weighted by Crippen LogP contribution is 2.31. The third kappa shape index (κ3) is 4.26. The van der Waals surface area contributed by atoms with Crippen LogP contribution >= 0.6 is 0 Å². The third-order valence-electron chi connectivity index (χ3n) is 6.08. The van der Waals surface area contributed by atoms with E-state index in [1.807, 2.05) is 54.6 Å². The van der Waals surface area contributed by atoms with E-state index in [1.165, 1.54) is 0 Å². The second-order valence-corrected chi connectivity index (χ2v) is 8.60. The Morgan fingerprint density at radius 3 is 1.47 bits per heavy atom. The van der Waals surface area contributed by atoms with Crippen LogP contribution in [0.1, 0.15) is 10.4 Å². The average molecular weight is 472 g/mol. The summed E-state index contributed by atoms with van der Waals surface area (Å²) in [5, 5.41) is 24.7. The fourth-order valence-corrected chi connectivity index (χ4v) is 4.27. The Balaban J connectivity index is 1.20. The van der Waals surface area contributed by atoms with Crippen molar-refractivity contribution in [2.45, 2.75) is 0 Å². The minimum absolute atomic E-state index is 0.181. The zero-order chi connectivity index (χ0) is 24.6. The molecule has 0 aliphatic rings. The van der Waals surface area contributed by atoms with Gasteiger partial charge in [0.05, 0.1) is 5.56 Å². The number of phenolic OH excluding ortho intramolecular Hbond substituents is 2. The van der Waals surface area contributed by atoms with E-state index in [2.05, 4.69) is 0 Å². The zero-order valence-corrected chi connectivity index (χ0v) is 19.0. The molecule has 0 aliphatic carbocycles. The molecular weight excluding hydrogens is 452 g/mol. The van der Waals surface area contributed by atoms with Gasteiger partial charge < -0.3 is 19.7 Å². The molecule has 5 nitrogen and oxygen atoms in total. The Labute approximate surface area is 206 Å². The molecule has 0 aromatic heterocycles. The molecule has 5 heteroatoms. The van der Waals surface area contributed by atoms with E-state index in [0.717, 1.165) is 32.3 Å². The lowest BCUT2D eigenvalue weighted by Crippen LogP contribution is -2.08. The van der Waals surface area contributed by atoms with Gasteiger partial charge in [-0.1, -0.05) is 36.4 Å². The molecule has 0 saturated carbocycles. The van der Waals surface area contributed by atoms with Gasteiger partial charge >= 0.3 is 5.97 Å². The van der Waals surface area contributed by atoms with Gasteiger partial charge in [-0.05, 0) is 105 Å². The summed E-state index contributed by atoms with van der Waals surface area (Å²) >= 11 is 0.